The van der Waals surface area contributed by atoms with Gasteiger partial charge in [0.2, 0.25) is 11.9 Å². The van der Waals surface area contributed by atoms with Gasteiger partial charge in [-0.15, -0.1) is 0 Å². The standard InChI is InChI=1S/C14H25N5O2/c1-4-9-21-14-17-12(15-2)16-13(18-14)19(3)10-7-5-6-8-11(10)20/h10-11,20H,4-9H2,1-3H3,(H,15,16,17,18). The third kappa shape index (κ3) is 3.93. The summed E-state index contributed by atoms with van der Waals surface area (Å²) in [6, 6.07) is 0.369. The fourth-order valence-corrected chi connectivity index (χ4v) is 2.57. The molecular formula is C14H25N5O2. The molecule has 7 nitrogen and oxygen atoms in total. The number of nitrogens with one attached hydrogen (secondary N) is 1. The van der Waals surface area contributed by atoms with E-state index < -0.39 is 0 Å². The molecule has 2 rings (SSSR count). The van der Waals surface area contributed by atoms with Crippen LogP contribution in [0.1, 0.15) is 39.0 Å². The Bertz CT molecular complexity index is 457. The van der Waals surface area contributed by atoms with Gasteiger partial charge >= 0.3 is 6.01 Å². The molecule has 1 aromatic rings. The van der Waals surface area contributed by atoms with Crippen LogP contribution in [-0.2, 0) is 0 Å². The van der Waals surface area contributed by atoms with Crippen molar-refractivity contribution in [3.05, 3.63) is 0 Å². The van der Waals surface area contributed by atoms with Gasteiger partial charge in [0.1, 0.15) is 0 Å². The normalized spacial score (nSPS) is 21.9. The molecule has 21 heavy (non-hydrogen) atoms. The zero-order valence-electron chi connectivity index (χ0n) is 13.0. The van der Waals surface area contributed by atoms with Gasteiger partial charge in [0.25, 0.3) is 0 Å². The third-order valence-corrected chi connectivity index (χ3v) is 3.77. The van der Waals surface area contributed by atoms with Crippen molar-refractivity contribution >= 4 is 11.9 Å². The molecule has 1 heterocycles. The minimum Gasteiger partial charge on any atom is -0.463 e. The molecule has 2 N–H and O–H groups in total. The van der Waals surface area contributed by atoms with E-state index in [-0.39, 0.29) is 12.1 Å². The minimum atomic E-state index is -0.335. The van der Waals surface area contributed by atoms with Gasteiger partial charge in [0, 0.05) is 14.1 Å². The van der Waals surface area contributed by atoms with E-state index in [0.717, 1.165) is 32.1 Å². The lowest BCUT2D eigenvalue weighted by Crippen LogP contribution is -2.44. The van der Waals surface area contributed by atoms with Crippen molar-refractivity contribution in [3.8, 4) is 6.01 Å². The highest BCUT2D eigenvalue weighted by Gasteiger charge is 2.28. The first-order valence-corrected chi connectivity index (χ1v) is 7.63. The van der Waals surface area contributed by atoms with Crippen LogP contribution in [-0.4, -0.2) is 52.9 Å². The predicted octanol–water partition coefficient (Wildman–Crippen LogP) is 1.44. The van der Waals surface area contributed by atoms with E-state index in [1.807, 2.05) is 18.9 Å². The van der Waals surface area contributed by atoms with Crippen LogP contribution in [0.25, 0.3) is 0 Å². The molecule has 0 radical (unpaired) electrons. The van der Waals surface area contributed by atoms with Gasteiger partial charge in [-0.2, -0.15) is 15.0 Å². The van der Waals surface area contributed by atoms with Crippen molar-refractivity contribution in [2.24, 2.45) is 0 Å². The smallest absolute Gasteiger partial charge is 0.323 e. The Morgan fingerprint density at radius 3 is 2.71 bits per heavy atom. The summed E-state index contributed by atoms with van der Waals surface area (Å²) in [6.45, 7) is 2.61. The van der Waals surface area contributed by atoms with Crippen molar-refractivity contribution in [1.29, 1.82) is 0 Å². The summed E-state index contributed by atoms with van der Waals surface area (Å²) in [5, 5.41) is 13.1. The molecule has 118 valence electrons. The molecule has 2 atom stereocenters. The fraction of sp³-hybridized carbons (Fsp3) is 0.786. The molecule has 0 bridgehead atoms. The number of ether oxygens (including phenoxy) is 1. The molecule has 0 aliphatic heterocycles. The maximum atomic E-state index is 10.2. The first-order valence-electron chi connectivity index (χ1n) is 7.63. The van der Waals surface area contributed by atoms with Crippen LogP contribution < -0.4 is 15.0 Å². The number of aliphatic hydroxyl groups is 1. The quantitative estimate of drug-likeness (QED) is 0.821. The zero-order chi connectivity index (χ0) is 15.2. The maximum Gasteiger partial charge on any atom is 0.323 e. The van der Waals surface area contributed by atoms with E-state index in [9.17, 15) is 5.11 Å². The Morgan fingerprint density at radius 2 is 2.05 bits per heavy atom. The van der Waals surface area contributed by atoms with E-state index in [2.05, 4.69) is 20.3 Å². The third-order valence-electron chi connectivity index (χ3n) is 3.77. The largest absolute Gasteiger partial charge is 0.463 e. The minimum absolute atomic E-state index is 0.0462. The summed E-state index contributed by atoms with van der Waals surface area (Å²) >= 11 is 0. The zero-order valence-corrected chi connectivity index (χ0v) is 13.0. The highest BCUT2D eigenvalue weighted by atomic mass is 16.5. The summed E-state index contributed by atoms with van der Waals surface area (Å²) < 4.78 is 5.51. The van der Waals surface area contributed by atoms with E-state index in [0.29, 0.717) is 24.5 Å². The van der Waals surface area contributed by atoms with Crippen LogP contribution in [0.3, 0.4) is 0 Å². The van der Waals surface area contributed by atoms with Gasteiger partial charge in [0.05, 0.1) is 18.8 Å². The number of aliphatic hydroxyl groups excluding tert-OH is 1. The highest BCUT2D eigenvalue weighted by Crippen LogP contribution is 2.25. The molecule has 1 aromatic heterocycles. The fourth-order valence-electron chi connectivity index (χ4n) is 2.57. The average molecular weight is 295 g/mol. The van der Waals surface area contributed by atoms with E-state index in [1.165, 1.54) is 0 Å². The van der Waals surface area contributed by atoms with Crippen molar-refractivity contribution < 1.29 is 9.84 Å². The number of likely N-dealkylation sites (N-methyl/N-ethyl adjacent to an activating group) is 1. The van der Waals surface area contributed by atoms with Crippen LogP contribution in [0.15, 0.2) is 0 Å². The average Bonchev–Trinajstić information content (AvgIpc) is 2.52. The molecule has 2 unspecified atom stereocenters. The second-order valence-electron chi connectivity index (χ2n) is 5.37. The van der Waals surface area contributed by atoms with Gasteiger partial charge in [-0.1, -0.05) is 19.8 Å². The molecule has 7 heteroatoms. The van der Waals surface area contributed by atoms with Crippen LogP contribution in [0.5, 0.6) is 6.01 Å². The molecule has 0 spiro atoms. The molecule has 1 aliphatic carbocycles. The Kier molecular flexibility index (Phi) is 5.55. The molecule has 0 amide bonds. The van der Waals surface area contributed by atoms with Crippen LogP contribution in [0.4, 0.5) is 11.9 Å². The van der Waals surface area contributed by atoms with Gasteiger partial charge in [-0.3, -0.25) is 0 Å². The second kappa shape index (κ2) is 7.40. The number of anilines is 2. The lowest BCUT2D eigenvalue weighted by Gasteiger charge is -2.35. The molecule has 0 aromatic carbocycles. The molecule has 1 aliphatic rings. The molecular weight excluding hydrogens is 270 g/mol. The maximum absolute atomic E-state index is 10.2. The Labute approximate surface area is 125 Å². The summed E-state index contributed by atoms with van der Waals surface area (Å²) in [4.78, 5) is 14.9. The Hall–Kier alpha value is -1.63. The molecule has 1 fully saturated rings. The topological polar surface area (TPSA) is 83.4 Å². The lowest BCUT2D eigenvalue weighted by atomic mass is 9.92. The first-order chi connectivity index (χ1) is 10.2. The molecule has 0 saturated heterocycles. The van der Waals surface area contributed by atoms with Gasteiger partial charge < -0.3 is 20.1 Å². The van der Waals surface area contributed by atoms with Crippen molar-refractivity contribution in [1.82, 2.24) is 15.0 Å². The lowest BCUT2D eigenvalue weighted by molar-refractivity contribution is 0.105. The highest BCUT2D eigenvalue weighted by molar-refractivity contribution is 5.38. The number of aromatic nitrogens is 3. The van der Waals surface area contributed by atoms with Crippen LogP contribution in [0, 0.1) is 0 Å². The van der Waals surface area contributed by atoms with Crippen LogP contribution in [0.2, 0.25) is 0 Å². The van der Waals surface area contributed by atoms with Crippen molar-refractivity contribution in [2.45, 2.75) is 51.2 Å². The van der Waals surface area contributed by atoms with Crippen molar-refractivity contribution in [2.75, 3.05) is 30.9 Å². The van der Waals surface area contributed by atoms with Crippen LogP contribution >= 0.6 is 0 Å². The summed E-state index contributed by atoms with van der Waals surface area (Å²) in [7, 11) is 3.68. The summed E-state index contributed by atoms with van der Waals surface area (Å²) in [5.41, 5.74) is 0. The van der Waals surface area contributed by atoms with Gasteiger partial charge in [-0.25, -0.2) is 0 Å². The first kappa shape index (κ1) is 15.8. The summed E-state index contributed by atoms with van der Waals surface area (Å²) in [5.74, 6) is 1.01. The van der Waals surface area contributed by atoms with E-state index in [4.69, 9.17) is 4.74 Å². The van der Waals surface area contributed by atoms with Crippen molar-refractivity contribution in [3.63, 3.8) is 0 Å². The monoisotopic (exact) mass is 295 g/mol. The molecule has 1 saturated carbocycles. The number of hydrogen-bond acceptors (Lipinski definition) is 7. The number of rotatable bonds is 6. The number of nitrogens with zero attached hydrogens (tertiary/aromatic N) is 4. The summed E-state index contributed by atoms with van der Waals surface area (Å²) in [6.07, 6.45) is 4.54. The SMILES string of the molecule is CCCOc1nc(NC)nc(N(C)C2CCCCC2O)n1. The van der Waals surface area contributed by atoms with E-state index in [1.54, 1.807) is 7.05 Å². The predicted molar refractivity (Wildman–Crippen MR) is 81.8 cm³/mol. The van der Waals surface area contributed by atoms with Gasteiger partial charge in [-0.05, 0) is 19.3 Å². The Balaban J connectivity index is 2.19. The Morgan fingerprint density at radius 1 is 1.29 bits per heavy atom. The van der Waals surface area contributed by atoms with Gasteiger partial charge in [0.15, 0.2) is 0 Å². The van der Waals surface area contributed by atoms with E-state index >= 15 is 0 Å². The number of hydrogen-bond donors (Lipinski definition) is 2. The second-order valence-corrected chi connectivity index (χ2v) is 5.37.